The van der Waals surface area contributed by atoms with Crippen molar-refractivity contribution in [3.8, 4) is 0 Å². The van der Waals surface area contributed by atoms with Crippen molar-refractivity contribution in [1.29, 1.82) is 0 Å². The maximum atomic E-state index is 12.0. The van der Waals surface area contributed by atoms with E-state index in [0.717, 1.165) is 0 Å². The van der Waals surface area contributed by atoms with E-state index >= 15 is 0 Å². The molecule has 0 spiro atoms. The lowest BCUT2D eigenvalue weighted by molar-refractivity contribution is 0.0720. The van der Waals surface area contributed by atoms with Gasteiger partial charge in [-0.1, -0.05) is 20.3 Å². The van der Waals surface area contributed by atoms with Gasteiger partial charge in [-0.3, -0.25) is 11.3 Å². The maximum Gasteiger partial charge on any atom is 0.255 e. The third-order valence-corrected chi connectivity index (χ3v) is 1.72. The van der Waals surface area contributed by atoms with Crippen LogP contribution >= 0.6 is 0 Å². The lowest BCUT2D eigenvalue weighted by atomic mass is 10.0. The van der Waals surface area contributed by atoms with Crippen LogP contribution in [-0.2, 0) is 0 Å². The second kappa shape index (κ2) is 4.57. The fourth-order valence-corrected chi connectivity index (χ4v) is 0.739. The average Bonchev–Trinajstić information content (AvgIpc) is 1.88. The smallest absolute Gasteiger partial charge is 0.255 e. The Hall–Kier alpha value is -0.220. The van der Waals surface area contributed by atoms with E-state index in [1.54, 1.807) is 6.92 Å². The molecule has 0 saturated heterocycles. The largest absolute Gasteiger partial charge is 0.271 e. The molecule has 0 aliphatic carbocycles. The summed E-state index contributed by atoms with van der Waals surface area (Å²) in [5.74, 6) is 4.84. The molecule has 4 heteroatoms. The van der Waals surface area contributed by atoms with Gasteiger partial charge in [-0.25, -0.2) is 8.78 Å². The molecule has 2 unspecified atom stereocenters. The van der Waals surface area contributed by atoms with Crippen LogP contribution in [0.1, 0.15) is 20.3 Å². The van der Waals surface area contributed by atoms with Gasteiger partial charge in [-0.05, 0) is 5.92 Å². The van der Waals surface area contributed by atoms with Crippen LogP contribution in [0.25, 0.3) is 0 Å². The van der Waals surface area contributed by atoms with Gasteiger partial charge in [0, 0.05) is 0 Å². The van der Waals surface area contributed by atoms with Crippen molar-refractivity contribution >= 4 is 0 Å². The highest BCUT2D eigenvalue weighted by Gasteiger charge is 2.23. The first-order chi connectivity index (χ1) is 4.63. The lowest BCUT2D eigenvalue weighted by Gasteiger charge is -2.20. The van der Waals surface area contributed by atoms with Gasteiger partial charge in [0.1, 0.15) is 0 Å². The van der Waals surface area contributed by atoms with E-state index in [1.807, 2.05) is 6.92 Å². The molecule has 0 aromatic carbocycles. The molecule has 0 aliphatic rings. The van der Waals surface area contributed by atoms with Gasteiger partial charge >= 0.3 is 0 Å². The van der Waals surface area contributed by atoms with Crippen molar-refractivity contribution in [3.63, 3.8) is 0 Å². The Balaban J connectivity index is 3.80. The minimum Gasteiger partial charge on any atom is -0.271 e. The summed E-state index contributed by atoms with van der Waals surface area (Å²) >= 11 is 0. The van der Waals surface area contributed by atoms with Gasteiger partial charge in [0.15, 0.2) is 0 Å². The molecule has 0 fully saturated rings. The summed E-state index contributed by atoms with van der Waals surface area (Å²) in [6.07, 6.45) is -1.67. The molecule has 0 saturated carbocycles. The fraction of sp³-hybridized carbons (Fsp3) is 1.00. The van der Waals surface area contributed by atoms with Crippen LogP contribution in [0.5, 0.6) is 0 Å². The van der Waals surface area contributed by atoms with E-state index < -0.39 is 12.5 Å². The monoisotopic (exact) mass is 152 g/mol. The molecule has 10 heavy (non-hydrogen) atoms. The first-order valence-electron chi connectivity index (χ1n) is 3.37. The van der Waals surface area contributed by atoms with Crippen LogP contribution in [0, 0.1) is 5.92 Å². The van der Waals surface area contributed by atoms with Crippen molar-refractivity contribution < 1.29 is 8.78 Å². The summed E-state index contributed by atoms with van der Waals surface area (Å²) in [6, 6.07) is -0.870. The Morgan fingerprint density at radius 3 is 2.10 bits per heavy atom. The topological polar surface area (TPSA) is 38.0 Å². The fourth-order valence-electron chi connectivity index (χ4n) is 0.739. The molecular formula is C6H14F2N2. The summed E-state index contributed by atoms with van der Waals surface area (Å²) in [5, 5.41) is 0. The molecule has 2 nitrogen and oxygen atoms in total. The predicted octanol–water partition coefficient (Wildman–Crippen LogP) is 1.13. The average molecular weight is 152 g/mol. The molecule has 2 atom stereocenters. The normalized spacial score (nSPS) is 17.4. The van der Waals surface area contributed by atoms with Crippen LogP contribution in [0.3, 0.4) is 0 Å². The third kappa shape index (κ3) is 2.58. The second-order valence-electron chi connectivity index (χ2n) is 2.41. The van der Waals surface area contributed by atoms with E-state index in [9.17, 15) is 8.78 Å². The summed E-state index contributed by atoms with van der Waals surface area (Å²) in [5.41, 5.74) is 2.10. The van der Waals surface area contributed by atoms with Crippen LogP contribution in [0.2, 0.25) is 0 Å². The van der Waals surface area contributed by atoms with Crippen molar-refractivity contribution in [2.45, 2.75) is 32.7 Å². The standard InChI is InChI=1S/C6H14F2N2/c1-3-4(2)5(10-9)6(7)8/h4-6,10H,3,9H2,1-2H3. The highest BCUT2D eigenvalue weighted by atomic mass is 19.3. The van der Waals surface area contributed by atoms with E-state index in [0.29, 0.717) is 6.42 Å². The van der Waals surface area contributed by atoms with Crippen LogP contribution in [0.15, 0.2) is 0 Å². The third-order valence-electron chi connectivity index (χ3n) is 1.72. The van der Waals surface area contributed by atoms with Gasteiger partial charge in [0.25, 0.3) is 6.43 Å². The molecule has 0 heterocycles. The molecule has 0 aromatic heterocycles. The number of alkyl halides is 2. The molecule has 3 N–H and O–H groups in total. The molecule has 0 rings (SSSR count). The highest BCUT2D eigenvalue weighted by molar-refractivity contribution is 4.71. The van der Waals surface area contributed by atoms with Gasteiger partial charge in [-0.15, -0.1) is 0 Å². The Labute approximate surface area is 59.8 Å². The Bertz CT molecular complexity index is 87.8. The Morgan fingerprint density at radius 1 is 1.50 bits per heavy atom. The van der Waals surface area contributed by atoms with Gasteiger partial charge in [0.05, 0.1) is 6.04 Å². The number of hydrazine groups is 1. The quantitative estimate of drug-likeness (QED) is 0.468. The summed E-state index contributed by atoms with van der Waals surface area (Å²) in [4.78, 5) is 0. The molecule has 0 aliphatic heterocycles. The van der Waals surface area contributed by atoms with Gasteiger partial charge < -0.3 is 0 Å². The molecule has 0 aromatic rings. The van der Waals surface area contributed by atoms with Crippen LogP contribution < -0.4 is 11.3 Å². The minimum atomic E-state index is -2.38. The number of nitrogens with one attached hydrogen (secondary N) is 1. The van der Waals surface area contributed by atoms with E-state index in [4.69, 9.17) is 5.84 Å². The van der Waals surface area contributed by atoms with Gasteiger partial charge in [-0.2, -0.15) is 0 Å². The number of rotatable bonds is 4. The van der Waals surface area contributed by atoms with Crippen molar-refractivity contribution in [1.82, 2.24) is 5.43 Å². The van der Waals surface area contributed by atoms with E-state index in [1.165, 1.54) is 0 Å². The second-order valence-corrected chi connectivity index (χ2v) is 2.41. The molecule has 0 radical (unpaired) electrons. The predicted molar refractivity (Wildman–Crippen MR) is 36.6 cm³/mol. The van der Waals surface area contributed by atoms with Crippen molar-refractivity contribution in [2.24, 2.45) is 11.8 Å². The van der Waals surface area contributed by atoms with Gasteiger partial charge in [0.2, 0.25) is 0 Å². The van der Waals surface area contributed by atoms with Crippen LogP contribution in [0.4, 0.5) is 8.78 Å². The first kappa shape index (κ1) is 9.78. The summed E-state index contributed by atoms with van der Waals surface area (Å²) in [6.45, 7) is 3.61. The number of halogens is 2. The van der Waals surface area contributed by atoms with E-state index in [-0.39, 0.29) is 5.92 Å². The molecule has 0 amide bonds. The molecule has 62 valence electrons. The van der Waals surface area contributed by atoms with Crippen molar-refractivity contribution in [3.05, 3.63) is 0 Å². The molecule has 0 bridgehead atoms. The SMILES string of the molecule is CCC(C)C(NN)C(F)F. The summed E-state index contributed by atoms with van der Waals surface area (Å²) < 4.78 is 24.0. The van der Waals surface area contributed by atoms with Crippen LogP contribution in [-0.4, -0.2) is 12.5 Å². The Kier molecular flexibility index (Phi) is 4.47. The number of nitrogens with two attached hydrogens (primary N) is 1. The zero-order chi connectivity index (χ0) is 8.15. The van der Waals surface area contributed by atoms with Crippen molar-refractivity contribution in [2.75, 3.05) is 0 Å². The first-order valence-corrected chi connectivity index (χ1v) is 3.37. The minimum absolute atomic E-state index is 0.0787. The summed E-state index contributed by atoms with van der Waals surface area (Å²) in [7, 11) is 0. The highest BCUT2D eigenvalue weighted by Crippen LogP contribution is 2.13. The van der Waals surface area contributed by atoms with E-state index in [2.05, 4.69) is 5.43 Å². The molecular weight excluding hydrogens is 138 g/mol. The zero-order valence-corrected chi connectivity index (χ0v) is 6.27. The zero-order valence-electron chi connectivity index (χ0n) is 6.27. The lowest BCUT2D eigenvalue weighted by Crippen LogP contribution is -2.44. The number of hydrogen-bond donors (Lipinski definition) is 2. The number of hydrogen-bond acceptors (Lipinski definition) is 2. The Morgan fingerprint density at radius 2 is 2.00 bits per heavy atom. The maximum absolute atomic E-state index is 12.0.